The lowest BCUT2D eigenvalue weighted by Gasteiger charge is -2.51. The van der Waals surface area contributed by atoms with Crippen molar-refractivity contribution >= 4 is 11.6 Å². The number of rotatable bonds is 4. The lowest BCUT2D eigenvalue weighted by atomic mass is 9.62. The number of hydrogen-bond donors (Lipinski definition) is 1. The largest absolute Gasteiger partial charge is 0.417 e. The Kier molecular flexibility index (Phi) is 5.24. The summed E-state index contributed by atoms with van der Waals surface area (Å²) in [6, 6.07) is 12.7. The molecule has 3 aliphatic rings. The molecule has 2 bridgehead atoms. The van der Waals surface area contributed by atoms with Crippen LogP contribution >= 0.6 is 11.6 Å². The third kappa shape index (κ3) is 3.62. The van der Waals surface area contributed by atoms with E-state index in [0.29, 0.717) is 29.1 Å². The Morgan fingerprint density at radius 3 is 2.39 bits per heavy atom. The summed E-state index contributed by atoms with van der Waals surface area (Å²) in [6.45, 7) is 0.594. The Morgan fingerprint density at radius 2 is 1.72 bits per heavy atom. The lowest BCUT2D eigenvalue weighted by Crippen LogP contribution is -2.61. The second-order valence-corrected chi connectivity index (χ2v) is 10.0. The second kappa shape index (κ2) is 8.14. The number of piperidine rings is 2. The van der Waals surface area contributed by atoms with E-state index in [4.69, 9.17) is 21.1 Å². The van der Waals surface area contributed by atoms with Crippen LogP contribution in [0.25, 0.3) is 22.8 Å². The first-order valence-electron chi connectivity index (χ1n) is 11.6. The van der Waals surface area contributed by atoms with Gasteiger partial charge in [0.25, 0.3) is 0 Å². The zero-order valence-electron chi connectivity index (χ0n) is 19.3. The summed E-state index contributed by atoms with van der Waals surface area (Å²) in [5, 5.41) is 17.0. The Hall–Kier alpha value is -3.24. The number of aromatic nitrogens is 5. The van der Waals surface area contributed by atoms with Gasteiger partial charge in [0.1, 0.15) is 0 Å². The Morgan fingerprint density at radius 1 is 1.00 bits per heavy atom. The molecular weight excluding hydrogens is 493 g/mol. The van der Waals surface area contributed by atoms with Gasteiger partial charge in [-0.3, -0.25) is 0 Å². The predicted octanol–water partition coefficient (Wildman–Crippen LogP) is 5.51. The zero-order valence-corrected chi connectivity index (χ0v) is 20.1. The molecule has 1 saturated carbocycles. The smallest absolute Gasteiger partial charge is 0.338 e. The van der Waals surface area contributed by atoms with Crippen LogP contribution in [0.2, 0.25) is 5.02 Å². The van der Waals surface area contributed by atoms with Crippen LogP contribution in [0, 0.1) is 0 Å². The molecule has 0 unspecified atom stereocenters. The van der Waals surface area contributed by atoms with E-state index in [1.165, 1.54) is 12.1 Å². The van der Waals surface area contributed by atoms with Gasteiger partial charge in [0.05, 0.1) is 16.5 Å². The molecule has 2 saturated heterocycles. The van der Waals surface area contributed by atoms with Gasteiger partial charge in [-0.05, 0) is 56.0 Å². The van der Waals surface area contributed by atoms with Crippen molar-refractivity contribution in [1.29, 1.82) is 0 Å². The van der Waals surface area contributed by atoms with E-state index >= 15 is 0 Å². The average Bonchev–Trinajstić information content (AvgIpc) is 3.53. The van der Waals surface area contributed by atoms with Crippen molar-refractivity contribution in [2.75, 3.05) is 6.54 Å². The van der Waals surface area contributed by atoms with Crippen molar-refractivity contribution in [3.8, 4) is 22.8 Å². The molecule has 4 aromatic rings. The van der Waals surface area contributed by atoms with Gasteiger partial charge in [0.2, 0.25) is 11.7 Å². The van der Waals surface area contributed by atoms with Gasteiger partial charge in [-0.25, -0.2) is 0 Å². The van der Waals surface area contributed by atoms with Gasteiger partial charge in [-0.1, -0.05) is 35.0 Å². The summed E-state index contributed by atoms with van der Waals surface area (Å²) in [6.07, 6.45) is -1.48. The van der Waals surface area contributed by atoms with Crippen LogP contribution in [0.15, 0.2) is 53.1 Å². The highest BCUT2D eigenvalue weighted by Crippen LogP contribution is 2.51. The highest BCUT2D eigenvalue weighted by atomic mass is 35.5. The summed E-state index contributed by atoms with van der Waals surface area (Å²) < 4.78 is 48.2. The molecule has 2 aliphatic heterocycles. The molecule has 2 aromatic heterocycles. The van der Waals surface area contributed by atoms with Gasteiger partial charge in [0, 0.05) is 29.7 Å². The molecule has 186 valence electrons. The molecule has 7 nitrogen and oxygen atoms in total. The minimum atomic E-state index is -4.48. The fourth-order valence-electron chi connectivity index (χ4n) is 5.50. The number of nitrogens with zero attached hydrogens (tertiary/aromatic N) is 5. The Labute approximate surface area is 209 Å². The Bertz CT molecular complexity index is 1400. The molecule has 0 radical (unpaired) electrons. The minimum Gasteiger partial charge on any atom is -0.338 e. The van der Waals surface area contributed by atoms with Crippen molar-refractivity contribution in [2.45, 2.75) is 42.8 Å². The van der Waals surface area contributed by atoms with Crippen molar-refractivity contribution in [1.82, 2.24) is 30.2 Å². The SMILES string of the molecule is Cn1c(-c2ccccc2C(F)(F)F)nnc1C12CCC(c3nc(-c4ccc(Cl)cc4)no3)(CC1)CN2. The molecule has 36 heavy (non-hydrogen) atoms. The maximum Gasteiger partial charge on any atom is 0.417 e. The van der Waals surface area contributed by atoms with Gasteiger partial charge >= 0.3 is 6.18 Å². The van der Waals surface area contributed by atoms with Crippen LogP contribution in [0.4, 0.5) is 13.2 Å². The summed E-state index contributed by atoms with van der Waals surface area (Å²) in [5.74, 6) is 1.93. The third-order valence-corrected chi connectivity index (χ3v) is 7.84. The zero-order chi connectivity index (χ0) is 25.1. The second-order valence-electron chi connectivity index (χ2n) is 9.60. The van der Waals surface area contributed by atoms with Crippen molar-refractivity contribution in [2.24, 2.45) is 7.05 Å². The van der Waals surface area contributed by atoms with E-state index in [1.54, 1.807) is 29.8 Å². The summed E-state index contributed by atoms with van der Waals surface area (Å²) >= 11 is 5.98. The molecular formula is C25H22ClF3N6O. The van der Waals surface area contributed by atoms with E-state index in [0.717, 1.165) is 37.3 Å². The van der Waals surface area contributed by atoms with E-state index < -0.39 is 17.3 Å². The quantitative estimate of drug-likeness (QED) is 0.386. The molecule has 0 atom stereocenters. The Balaban J connectivity index is 1.27. The van der Waals surface area contributed by atoms with Crippen LogP contribution in [-0.2, 0) is 24.2 Å². The van der Waals surface area contributed by atoms with Crippen LogP contribution in [0.3, 0.4) is 0 Å². The number of hydrogen-bond acceptors (Lipinski definition) is 6. The summed E-state index contributed by atoms with van der Waals surface area (Å²) in [7, 11) is 1.72. The topological polar surface area (TPSA) is 81.7 Å². The van der Waals surface area contributed by atoms with Gasteiger partial charge in [0.15, 0.2) is 11.6 Å². The minimum absolute atomic E-state index is 0.0178. The summed E-state index contributed by atoms with van der Waals surface area (Å²) in [4.78, 5) is 4.69. The molecule has 0 amide bonds. The number of nitrogens with one attached hydrogen (secondary N) is 1. The summed E-state index contributed by atoms with van der Waals surface area (Å²) in [5.41, 5.74) is -0.663. The molecule has 4 heterocycles. The van der Waals surface area contributed by atoms with Gasteiger partial charge in [-0.15, -0.1) is 10.2 Å². The predicted molar refractivity (Wildman–Crippen MR) is 126 cm³/mol. The van der Waals surface area contributed by atoms with Crippen molar-refractivity contribution in [3.05, 3.63) is 70.8 Å². The average molecular weight is 515 g/mol. The first kappa shape index (κ1) is 23.2. The molecule has 11 heteroatoms. The van der Waals surface area contributed by atoms with Crippen molar-refractivity contribution < 1.29 is 17.7 Å². The number of benzene rings is 2. The highest BCUT2D eigenvalue weighted by molar-refractivity contribution is 6.30. The van der Waals surface area contributed by atoms with E-state index in [1.807, 2.05) is 12.1 Å². The van der Waals surface area contributed by atoms with Gasteiger partial charge < -0.3 is 14.4 Å². The van der Waals surface area contributed by atoms with E-state index in [9.17, 15) is 13.2 Å². The molecule has 0 spiro atoms. The normalized spacial score (nSPS) is 23.8. The molecule has 1 N–H and O–H groups in total. The maximum atomic E-state index is 13.6. The van der Waals surface area contributed by atoms with Gasteiger partial charge in [-0.2, -0.15) is 18.2 Å². The van der Waals surface area contributed by atoms with E-state index in [-0.39, 0.29) is 16.8 Å². The standard InChI is InChI=1S/C25H22ClF3N6O/c1-35-20(17-4-2-3-5-18(17)25(27,28)29)32-33-21(35)24-12-10-23(11-13-24,14-30-24)22-31-19(34-36-22)15-6-8-16(26)9-7-15/h2-9,30H,10-14H2,1H3. The van der Waals surface area contributed by atoms with Crippen LogP contribution in [0.1, 0.15) is 43.0 Å². The van der Waals surface area contributed by atoms with Crippen LogP contribution < -0.4 is 5.32 Å². The number of halogens is 4. The lowest BCUT2D eigenvalue weighted by molar-refractivity contribution is -0.137. The number of alkyl halides is 3. The third-order valence-electron chi connectivity index (χ3n) is 7.58. The highest BCUT2D eigenvalue weighted by Gasteiger charge is 2.54. The first-order valence-corrected chi connectivity index (χ1v) is 12.0. The van der Waals surface area contributed by atoms with E-state index in [2.05, 4.69) is 20.7 Å². The first-order chi connectivity index (χ1) is 17.2. The molecule has 1 aliphatic carbocycles. The fourth-order valence-corrected chi connectivity index (χ4v) is 5.63. The maximum absolute atomic E-state index is 13.6. The monoisotopic (exact) mass is 514 g/mol. The van der Waals surface area contributed by atoms with Crippen LogP contribution in [-0.4, -0.2) is 31.4 Å². The van der Waals surface area contributed by atoms with Crippen molar-refractivity contribution in [3.63, 3.8) is 0 Å². The molecule has 2 aromatic carbocycles. The fraction of sp³-hybridized carbons (Fsp3) is 0.360. The molecule has 3 fully saturated rings. The van der Waals surface area contributed by atoms with Crippen LogP contribution in [0.5, 0.6) is 0 Å². The molecule has 7 rings (SSSR count). The number of fused-ring (bicyclic) bond motifs is 3.